The minimum atomic E-state index is 0.415. The van der Waals surface area contributed by atoms with Crippen molar-refractivity contribution in [1.29, 1.82) is 0 Å². The van der Waals surface area contributed by atoms with Gasteiger partial charge in [-0.2, -0.15) is 0 Å². The number of carbonyl (C=O) groups excluding carboxylic acids is 1. The molecule has 0 unspecified atom stereocenters. The number of allylic oxidation sites excluding steroid dienone is 2. The molecule has 2 rings (SSSR count). The Morgan fingerprint density at radius 1 is 1.15 bits per heavy atom. The van der Waals surface area contributed by atoms with Crippen LogP contribution in [0.25, 0.3) is 0 Å². The van der Waals surface area contributed by atoms with Crippen molar-refractivity contribution in [3.8, 4) is 0 Å². The Morgan fingerprint density at radius 2 is 2.00 bits per heavy atom. The van der Waals surface area contributed by atoms with E-state index in [1.54, 1.807) is 0 Å². The van der Waals surface area contributed by atoms with Gasteiger partial charge in [0.1, 0.15) is 5.78 Å². The van der Waals surface area contributed by atoms with E-state index in [1.807, 2.05) is 0 Å². The molecular weight excluding hydrogens is 160 g/mol. The fourth-order valence-corrected chi connectivity index (χ4v) is 2.71. The highest BCUT2D eigenvalue weighted by atomic mass is 16.1. The molecule has 1 heteroatoms. The van der Waals surface area contributed by atoms with Crippen LogP contribution >= 0.6 is 0 Å². The smallest absolute Gasteiger partial charge is 0.136 e. The zero-order valence-electron chi connectivity index (χ0n) is 8.17. The number of carbonyl (C=O) groups is 1. The zero-order valence-corrected chi connectivity index (χ0v) is 8.17. The predicted octanol–water partition coefficient (Wildman–Crippen LogP) is 3.10. The van der Waals surface area contributed by atoms with Gasteiger partial charge in [0.25, 0.3) is 0 Å². The van der Waals surface area contributed by atoms with Crippen molar-refractivity contribution in [2.75, 3.05) is 0 Å². The monoisotopic (exact) mass is 178 g/mol. The lowest BCUT2D eigenvalue weighted by atomic mass is 9.73. The van der Waals surface area contributed by atoms with E-state index in [-0.39, 0.29) is 0 Å². The quantitative estimate of drug-likeness (QED) is 0.521. The van der Waals surface area contributed by atoms with Gasteiger partial charge in [0.05, 0.1) is 0 Å². The molecule has 1 saturated carbocycles. The molecule has 1 nitrogen and oxygen atoms in total. The standard InChI is InChI=1S/C12H18O/c13-12-9-3-1-2-6-10-7-4-5-8-11(10)12/h1-2,10-11H,3-9H2/b2-1-/t10-,11+/m0/s1. The fourth-order valence-electron chi connectivity index (χ4n) is 2.71. The maximum Gasteiger partial charge on any atom is 0.136 e. The van der Waals surface area contributed by atoms with Gasteiger partial charge >= 0.3 is 0 Å². The first-order chi connectivity index (χ1) is 6.38. The third kappa shape index (κ3) is 2.01. The van der Waals surface area contributed by atoms with Gasteiger partial charge in [-0.25, -0.2) is 0 Å². The van der Waals surface area contributed by atoms with Crippen molar-refractivity contribution in [3.05, 3.63) is 12.2 Å². The number of hydrogen-bond acceptors (Lipinski definition) is 1. The number of fused-ring (bicyclic) bond motifs is 1. The van der Waals surface area contributed by atoms with E-state index < -0.39 is 0 Å². The summed E-state index contributed by atoms with van der Waals surface area (Å²) in [4.78, 5) is 11.8. The molecule has 0 aromatic carbocycles. The Kier molecular flexibility index (Phi) is 2.82. The lowest BCUT2D eigenvalue weighted by Gasteiger charge is -2.30. The Morgan fingerprint density at radius 3 is 2.92 bits per heavy atom. The minimum Gasteiger partial charge on any atom is -0.299 e. The molecule has 0 spiro atoms. The van der Waals surface area contributed by atoms with Crippen molar-refractivity contribution in [3.63, 3.8) is 0 Å². The first kappa shape index (κ1) is 8.98. The number of rotatable bonds is 0. The van der Waals surface area contributed by atoms with Crippen LogP contribution in [0.5, 0.6) is 0 Å². The van der Waals surface area contributed by atoms with Crippen molar-refractivity contribution in [2.24, 2.45) is 11.8 Å². The van der Waals surface area contributed by atoms with E-state index in [0.717, 1.165) is 25.7 Å². The van der Waals surface area contributed by atoms with E-state index in [4.69, 9.17) is 0 Å². The van der Waals surface area contributed by atoms with Crippen LogP contribution in [0.4, 0.5) is 0 Å². The average Bonchev–Trinajstić information content (AvgIpc) is 2.14. The highest BCUT2D eigenvalue weighted by Crippen LogP contribution is 2.35. The summed E-state index contributed by atoms with van der Waals surface area (Å²) in [5, 5.41) is 0. The molecule has 0 N–H and O–H groups in total. The lowest BCUT2D eigenvalue weighted by Crippen LogP contribution is -2.27. The summed E-state index contributed by atoms with van der Waals surface area (Å²) in [6, 6.07) is 0. The van der Waals surface area contributed by atoms with Gasteiger partial charge in [-0.1, -0.05) is 25.0 Å². The third-order valence-corrected chi connectivity index (χ3v) is 3.49. The van der Waals surface area contributed by atoms with Gasteiger partial charge in [0.2, 0.25) is 0 Å². The molecule has 0 saturated heterocycles. The maximum atomic E-state index is 11.8. The van der Waals surface area contributed by atoms with Gasteiger partial charge in [-0.3, -0.25) is 4.79 Å². The van der Waals surface area contributed by atoms with E-state index in [9.17, 15) is 4.79 Å². The van der Waals surface area contributed by atoms with Gasteiger partial charge < -0.3 is 0 Å². The number of Topliss-reactive ketones (excluding diaryl/α,β-unsaturated/α-hetero) is 1. The van der Waals surface area contributed by atoms with Crippen LogP contribution in [0, 0.1) is 11.8 Å². The molecule has 1 fully saturated rings. The van der Waals surface area contributed by atoms with Crippen molar-refractivity contribution < 1.29 is 4.79 Å². The average molecular weight is 178 g/mol. The molecule has 72 valence electrons. The predicted molar refractivity (Wildman–Crippen MR) is 53.4 cm³/mol. The van der Waals surface area contributed by atoms with Crippen LogP contribution in [0.2, 0.25) is 0 Å². The van der Waals surface area contributed by atoms with Gasteiger partial charge in [-0.05, 0) is 31.6 Å². The van der Waals surface area contributed by atoms with Crippen molar-refractivity contribution >= 4 is 5.78 Å². The van der Waals surface area contributed by atoms with Crippen LogP contribution in [0.15, 0.2) is 12.2 Å². The molecule has 0 heterocycles. The Bertz CT molecular complexity index is 217. The Hall–Kier alpha value is -0.590. The summed E-state index contributed by atoms with van der Waals surface area (Å²) in [5.41, 5.74) is 0. The largest absolute Gasteiger partial charge is 0.299 e. The van der Waals surface area contributed by atoms with Crippen LogP contribution < -0.4 is 0 Å². The topological polar surface area (TPSA) is 17.1 Å². The molecule has 2 aliphatic rings. The van der Waals surface area contributed by atoms with Crippen LogP contribution in [-0.2, 0) is 4.79 Å². The second kappa shape index (κ2) is 4.08. The summed E-state index contributed by atoms with van der Waals surface area (Å²) >= 11 is 0. The fraction of sp³-hybridized carbons (Fsp3) is 0.750. The first-order valence-corrected chi connectivity index (χ1v) is 5.55. The minimum absolute atomic E-state index is 0.415. The number of ketones is 1. The molecule has 0 aromatic heterocycles. The van der Waals surface area contributed by atoms with Crippen LogP contribution in [0.3, 0.4) is 0 Å². The molecule has 0 aliphatic heterocycles. The summed E-state index contributed by atoms with van der Waals surface area (Å²) < 4.78 is 0. The van der Waals surface area contributed by atoms with E-state index in [2.05, 4.69) is 12.2 Å². The van der Waals surface area contributed by atoms with Gasteiger partial charge in [-0.15, -0.1) is 0 Å². The van der Waals surface area contributed by atoms with E-state index in [1.165, 1.54) is 19.3 Å². The highest BCUT2D eigenvalue weighted by molar-refractivity contribution is 5.81. The summed E-state index contributed by atoms with van der Waals surface area (Å²) in [6.07, 6.45) is 12.4. The SMILES string of the molecule is O=C1CC/C=C\C[C@H]2CCCC[C@@H]12. The summed E-state index contributed by atoms with van der Waals surface area (Å²) in [6.45, 7) is 0. The zero-order chi connectivity index (χ0) is 9.10. The molecule has 0 bridgehead atoms. The molecule has 0 radical (unpaired) electrons. The number of hydrogen-bond donors (Lipinski definition) is 0. The molecule has 13 heavy (non-hydrogen) atoms. The lowest BCUT2D eigenvalue weighted by molar-refractivity contribution is -0.125. The second-order valence-electron chi connectivity index (χ2n) is 4.36. The summed E-state index contributed by atoms with van der Waals surface area (Å²) in [7, 11) is 0. The molecule has 2 atom stereocenters. The van der Waals surface area contributed by atoms with Crippen LogP contribution in [-0.4, -0.2) is 5.78 Å². The van der Waals surface area contributed by atoms with Crippen LogP contribution in [0.1, 0.15) is 44.9 Å². The summed E-state index contributed by atoms with van der Waals surface area (Å²) in [5.74, 6) is 1.63. The molecule has 0 amide bonds. The second-order valence-corrected chi connectivity index (χ2v) is 4.36. The normalized spacial score (nSPS) is 37.4. The molecule has 0 aromatic rings. The molecular formula is C12H18O. The van der Waals surface area contributed by atoms with Crippen molar-refractivity contribution in [1.82, 2.24) is 0 Å². The van der Waals surface area contributed by atoms with E-state index >= 15 is 0 Å². The first-order valence-electron chi connectivity index (χ1n) is 5.55. The molecule has 2 aliphatic carbocycles. The maximum absolute atomic E-state index is 11.8. The van der Waals surface area contributed by atoms with E-state index in [0.29, 0.717) is 17.6 Å². The highest BCUT2D eigenvalue weighted by Gasteiger charge is 2.29. The van der Waals surface area contributed by atoms with Crippen molar-refractivity contribution in [2.45, 2.75) is 44.9 Å². The Balaban J connectivity index is 2.09. The van der Waals surface area contributed by atoms with Gasteiger partial charge in [0, 0.05) is 12.3 Å². The third-order valence-electron chi connectivity index (χ3n) is 3.49. The Labute approximate surface area is 80.2 Å². The van der Waals surface area contributed by atoms with Gasteiger partial charge in [0.15, 0.2) is 0 Å².